The highest BCUT2D eigenvalue weighted by Gasteiger charge is 2.10. The number of nitrogens with zero attached hydrogens (tertiary/aromatic N) is 2. The van der Waals surface area contributed by atoms with Gasteiger partial charge in [0.2, 0.25) is 5.88 Å². The highest BCUT2D eigenvalue weighted by Crippen LogP contribution is 2.28. The quantitative estimate of drug-likeness (QED) is 0.915. The van der Waals surface area contributed by atoms with Gasteiger partial charge < -0.3 is 10.1 Å². The van der Waals surface area contributed by atoms with Crippen LogP contribution in [0.2, 0.25) is 0 Å². The zero-order valence-corrected chi connectivity index (χ0v) is 11.2. The van der Waals surface area contributed by atoms with E-state index in [0.29, 0.717) is 11.6 Å². The molecule has 0 fully saturated rings. The number of benzene rings is 1. The summed E-state index contributed by atoms with van der Waals surface area (Å²) in [5, 5.41) is 3.12. The lowest BCUT2D eigenvalue weighted by atomic mass is 10.2. The van der Waals surface area contributed by atoms with Gasteiger partial charge in [0.1, 0.15) is 23.7 Å². The summed E-state index contributed by atoms with van der Waals surface area (Å²) in [6.07, 6.45) is 1.43. The van der Waals surface area contributed by atoms with Gasteiger partial charge in [-0.15, -0.1) is 0 Å². The number of anilines is 1. The van der Waals surface area contributed by atoms with Crippen molar-refractivity contribution in [3.8, 4) is 11.6 Å². The molecule has 1 aromatic heterocycles. The Labute approximate surface area is 111 Å². The molecular formula is C14H16FN3O. The summed E-state index contributed by atoms with van der Waals surface area (Å²) in [5.41, 5.74) is 1.65. The van der Waals surface area contributed by atoms with Crippen LogP contribution in [-0.4, -0.2) is 16.5 Å². The summed E-state index contributed by atoms with van der Waals surface area (Å²) in [5.74, 6) is 1.28. The second-order valence-corrected chi connectivity index (χ2v) is 4.19. The lowest BCUT2D eigenvalue weighted by Gasteiger charge is -2.12. The number of hydrogen-bond donors (Lipinski definition) is 1. The smallest absolute Gasteiger partial charge is 0.227 e. The van der Waals surface area contributed by atoms with Gasteiger partial charge in [-0.25, -0.2) is 14.4 Å². The standard InChI is InChI=1S/C14H16FN3O/c1-4-16-13-10(3)14(18-8-17-13)19-12-7-11(15)6-5-9(12)2/h5-8H,4H2,1-3H3,(H,16,17,18). The fourth-order valence-corrected chi connectivity index (χ4v) is 1.67. The van der Waals surface area contributed by atoms with E-state index >= 15 is 0 Å². The Morgan fingerprint density at radius 3 is 2.79 bits per heavy atom. The van der Waals surface area contributed by atoms with Crippen molar-refractivity contribution in [2.75, 3.05) is 11.9 Å². The molecule has 0 unspecified atom stereocenters. The molecule has 1 heterocycles. The van der Waals surface area contributed by atoms with Crippen LogP contribution in [0.1, 0.15) is 18.1 Å². The van der Waals surface area contributed by atoms with Gasteiger partial charge in [0.15, 0.2) is 0 Å². The first kappa shape index (κ1) is 13.3. The Bertz CT molecular complexity index is 587. The number of aromatic nitrogens is 2. The first-order chi connectivity index (χ1) is 9.11. The third-order valence-corrected chi connectivity index (χ3v) is 2.74. The second kappa shape index (κ2) is 5.65. The molecular weight excluding hydrogens is 245 g/mol. The predicted octanol–water partition coefficient (Wildman–Crippen LogP) is 3.46. The lowest BCUT2D eigenvalue weighted by Crippen LogP contribution is -2.04. The minimum atomic E-state index is -0.334. The fraction of sp³-hybridized carbons (Fsp3) is 0.286. The minimum Gasteiger partial charge on any atom is -0.438 e. The summed E-state index contributed by atoms with van der Waals surface area (Å²) < 4.78 is 18.9. The van der Waals surface area contributed by atoms with Gasteiger partial charge in [-0.05, 0) is 32.4 Å². The number of nitrogens with one attached hydrogen (secondary N) is 1. The molecule has 0 aliphatic rings. The summed E-state index contributed by atoms with van der Waals surface area (Å²) >= 11 is 0. The Morgan fingerprint density at radius 1 is 1.26 bits per heavy atom. The van der Waals surface area contributed by atoms with E-state index in [1.807, 2.05) is 20.8 Å². The normalized spacial score (nSPS) is 10.3. The van der Waals surface area contributed by atoms with Gasteiger partial charge in [0, 0.05) is 12.6 Å². The highest BCUT2D eigenvalue weighted by atomic mass is 19.1. The molecule has 0 amide bonds. The molecule has 0 spiro atoms. The summed E-state index contributed by atoms with van der Waals surface area (Å²) in [6.45, 7) is 6.47. The SMILES string of the molecule is CCNc1ncnc(Oc2cc(F)ccc2C)c1C. The van der Waals surface area contributed by atoms with E-state index in [0.717, 1.165) is 23.5 Å². The molecule has 19 heavy (non-hydrogen) atoms. The van der Waals surface area contributed by atoms with E-state index in [-0.39, 0.29) is 5.82 Å². The summed E-state index contributed by atoms with van der Waals surface area (Å²) in [7, 11) is 0. The van der Waals surface area contributed by atoms with E-state index in [1.165, 1.54) is 18.5 Å². The van der Waals surface area contributed by atoms with E-state index in [2.05, 4.69) is 15.3 Å². The van der Waals surface area contributed by atoms with Crippen LogP contribution in [0.4, 0.5) is 10.2 Å². The van der Waals surface area contributed by atoms with Crippen molar-refractivity contribution in [1.82, 2.24) is 9.97 Å². The molecule has 0 atom stereocenters. The maximum atomic E-state index is 13.2. The van der Waals surface area contributed by atoms with Crippen molar-refractivity contribution in [1.29, 1.82) is 0 Å². The van der Waals surface area contributed by atoms with Crippen LogP contribution < -0.4 is 10.1 Å². The van der Waals surface area contributed by atoms with Crippen LogP contribution in [0.25, 0.3) is 0 Å². The number of halogens is 1. The van der Waals surface area contributed by atoms with E-state index in [9.17, 15) is 4.39 Å². The average molecular weight is 261 g/mol. The zero-order valence-electron chi connectivity index (χ0n) is 11.2. The molecule has 0 saturated carbocycles. The van der Waals surface area contributed by atoms with Crippen molar-refractivity contribution in [3.63, 3.8) is 0 Å². The molecule has 0 radical (unpaired) electrons. The molecule has 4 nitrogen and oxygen atoms in total. The number of rotatable bonds is 4. The predicted molar refractivity (Wildman–Crippen MR) is 72.1 cm³/mol. The molecule has 2 aromatic rings. The Kier molecular flexibility index (Phi) is 3.94. The molecule has 100 valence electrons. The molecule has 0 aliphatic heterocycles. The molecule has 5 heteroatoms. The van der Waals surface area contributed by atoms with E-state index in [1.54, 1.807) is 6.07 Å². The fourth-order valence-electron chi connectivity index (χ4n) is 1.67. The third-order valence-electron chi connectivity index (χ3n) is 2.74. The minimum absolute atomic E-state index is 0.334. The Morgan fingerprint density at radius 2 is 2.05 bits per heavy atom. The van der Waals surface area contributed by atoms with Crippen LogP contribution in [0.5, 0.6) is 11.6 Å². The molecule has 1 N–H and O–H groups in total. The molecule has 1 aromatic carbocycles. The molecule has 2 rings (SSSR count). The van der Waals surface area contributed by atoms with Gasteiger partial charge in [0.05, 0.1) is 5.56 Å². The van der Waals surface area contributed by atoms with Crippen molar-refractivity contribution in [3.05, 3.63) is 41.5 Å². The lowest BCUT2D eigenvalue weighted by molar-refractivity contribution is 0.449. The van der Waals surface area contributed by atoms with Gasteiger partial charge in [0.25, 0.3) is 0 Å². The maximum absolute atomic E-state index is 13.2. The largest absolute Gasteiger partial charge is 0.438 e. The van der Waals surface area contributed by atoms with E-state index in [4.69, 9.17) is 4.74 Å². The third kappa shape index (κ3) is 2.99. The maximum Gasteiger partial charge on any atom is 0.227 e. The van der Waals surface area contributed by atoms with Crippen molar-refractivity contribution >= 4 is 5.82 Å². The monoisotopic (exact) mass is 261 g/mol. The summed E-state index contributed by atoms with van der Waals surface area (Å²) in [4.78, 5) is 8.23. The van der Waals surface area contributed by atoms with Crippen molar-refractivity contribution in [2.45, 2.75) is 20.8 Å². The number of aryl methyl sites for hydroxylation is 1. The second-order valence-electron chi connectivity index (χ2n) is 4.19. The van der Waals surface area contributed by atoms with Gasteiger partial charge >= 0.3 is 0 Å². The van der Waals surface area contributed by atoms with Crippen LogP contribution in [0.3, 0.4) is 0 Å². The zero-order chi connectivity index (χ0) is 13.8. The van der Waals surface area contributed by atoms with Crippen molar-refractivity contribution in [2.24, 2.45) is 0 Å². The van der Waals surface area contributed by atoms with Gasteiger partial charge in [-0.2, -0.15) is 0 Å². The first-order valence-electron chi connectivity index (χ1n) is 6.11. The molecule has 0 bridgehead atoms. The highest BCUT2D eigenvalue weighted by molar-refractivity contribution is 5.49. The average Bonchev–Trinajstić information content (AvgIpc) is 2.39. The van der Waals surface area contributed by atoms with Crippen LogP contribution in [0, 0.1) is 19.7 Å². The number of hydrogen-bond acceptors (Lipinski definition) is 4. The van der Waals surface area contributed by atoms with Crippen molar-refractivity contribution < 1.29 is 9.13 Å². The van der Waals surface area contributed by atoms with Crippen LogP contribution in [0.15, 0.2) is 24.5 Å². The molecule has 0 saturated heterocycles. The van der Waals surface area contributed by atoms with Gasteiger partial charge in [-0.3, -0.25) is 0 Å². The Balaban J connectivity index is 2.33. The number of ether oxygens (including phenoxy) is 1. The Hall–Kier alpha value is -2.17. The first-order valence-corrected chi connectivity index (χ1v) is 6.11. The molecule has 0 aliphatic carbocycles. The topological polar surface area (TPSA) is 47.0 Å². The van der Waals surface area contributed by atoms with Gasteiger partial charge in [-0.1, -0.05) is 6.07 Å². The van der Waals surface area contributed by atoms with Crippen LogP contribution >= 0.6 is 0 Å². The van der Waals surface area contributed by atoms with E-state index < -0.39 is 0 Å². The van der Waals surface area contributed by atoms with Crippen LogP contribution in [-0.2, 0) is 0 Å². The summed E-state index contributed by atoms with van der Waals surface area (Å²) in [6, 6.07) is 4.43.